The van der Waals surface area contributed by atoms with E-state index in [-0.39, 0.29) is 16.1 Å². The van der Waals surface area contributed by atoms with Gasteiger partial charge in [-0.3, -0.25) is 10.1 Å². The highest BCUT2D eigenvalue weighted by Gasteiger charge is 2.40. The van der Waals surface area contributed by atoms with E-state index in [1.54, 1.807) is 6.20 Å². The van der Waals surface area contributed by atoms with Crippen LogP contribution in [0.25, 0.3) is 0 Å². The number of pyridine rings is 1. The van der Waals surface area contributed by atoms with Crippen molar-refractivity contribution in [2.45, 2.75) is 24.8 Å². The molecule has 0 atom stereocenters. The van der Waals surface area contributed by atoms with Crippen LogP contribution in [0.2, 0.25) is 0 Å². The summed E-state index contributed by atoms with van der Waals surface area (Å²) < 4.78 is 0.618. The Bertz CT molecular complexity index is 517. The molecule has 6 nitrogen and oxygen atoms in total. The van der Waals surface area contributed by atoms with Crippen molar-refractivity contribution in [1.82, 2.24) is 9.88 Å². The maximum Gasteiger partial charge on any atom is 0.312 e. The molecule has 0 aromatic carbocycles. The van der Waals surface area contributed by atoms with E-state index in [2.05, 4.69) is 39.9 Å². The lowest BCUT2D eigenvalue weighted by Crippen LogP contribution is -2.56. The Kier molecular flexibility index (Phi) is 4.29. The maximum atomic E-state index is 11.2. The summed E-state index contributed by atoms with van der Waals surface area (Å²) in [6.07, 6.45) is 5.05. The van der Waals surface area contributed by atoms with Crippen LogP contribution in [0.15, 0.2) is 16.7 Å². The van der Waals surface area contributed by atoms with Gasteiger partial charge < -0.3 is 9.80 Å². The number of aromatic nitrogens is 1. The molecule has 20 heavy (non-hydrogen) atoms. The SMILES string of the molecule is CN(CC1(N(C)C)CCC1)c1ncc(Br)cc1[N+](=O)[O-]. The van der Waals surface area contributed by atoms with Crippen LogP contribution in [0.3, 0.4) is 0 Å². The second-order valence-corrected chi connectivity index (χ2v) is 6.50. The molecule has 1 fully saturated rings. The summed E-state index contributed by atoms with van der Waals surface area (Å²) in [6.45, 7) is 0.746. The minimum atomic E-state index is -0.382. The minimum Gasteiger partial charge on any atom is -0.352 e. The van der Waals surface area contributed by atoms with Gasteiger partial charge >= 0.3 is 5.69 Å². The van der Waals surface area contributed by atoms with E-state index in [1.165, 1.54) is 12.5 Å². The van der Waals surface area contributed by atoms with Crippen molar-refractivity contribution in [3.8, 4) is 0 Å². The highest BCUT2D eigenvalue weighted by Crippen LogP contribution is 2.38. The quantitative estimate of drug-likeness (QED) is 0.608. The molecule has 1 aliphatic rings. The molecule has 1 aromatic rings. The van der Waals surface area contributed by atoms with E-state index >= 15 is 0 Å². The third-order valence-corrected chi connectivity index (χ3v) is 4.57. The van der Waals surface area contributed by atoms with Crippen molar-refractivity contribution in [3.63, 3.8) is 0 Å². The van der Waals surface area contributed by atoms with Crippen LogP contribution in [-0.2, 0) is 0 Å². The van der Waals surface area contributed by atoms with Crippen LogP contribution < -0.4 is 4.90 Å². The molecular weight excluding hydrogens is 324 g/mol. The summed E-state index contributed by atoms with van der Waals surface area (Å²) in [4.78, 5) is 19.1. The number of anilines is 1. The van der Waals surface area contributed by atoms with Gasteiger partial charge in [0.1, 0.15) is 0 Å². The molecule has 110 valence electrons. The van der Waals surface area contributed by atoms with E-state index in [0.717, 1.165) is 19.4 Å². The van der Waals surface area contributed by atoms with Crippen molar-refractivity contribution in [2.75, 3.05) is 32.6 Å². The van der Waals surface area contributed by atoms with Gasteiger partial charge in [-0.2, -0.15) is 0 Å². The minimum absolute atomic E-state index is 0.0371. The molecule has 1 saturated carbocycles. The fourth-order valence-corrected chi connectivity index (χ4v) is 3.02. The highest BCUT2D eigenvalue weighted by molar-refractivity contribution is 9.10. The first kappa shape index (κ1) is 15.2. The molecule has 7 heteroatoms. The summed E-state index contributed by atoms with van der Waals surface area (Å²) in [6, 6.07) is 1.50. The Hall–Kier alpha value is -1.21. The first-order valence-electron chi connectivity index (χ1n) is 6.54. The van der Waals surface area contributed by atoms with Gasteiger partial charge in [0.2, 0.25) is 5.82 Å². The van der Waals surface area contributed by atoms with Crippen molar-refractivity contribution in [1.29, 1.82) is 0 Å². The van der Waals surface area contributed by atoms with E-state index in [1.807, 2.05) is 11.9 Å². The van der Waals surface area contributed by atoms with Crippen LogP contribution in [0, 0.1) is 10.1 Å². The normalized spacial score (nSPS) is 16.9. The number of hydrogen-bond donors (Lipinski definition) is 0. The molecule has 0 N–H and O–H groups in total. The zero-order chi connectivity index (χ0) is 14.9. The first-order valence-corrected chi connectivity index (χ1v) is 7.33. The number of rotatable bonds is 5. The van der Waals surface area contributed by atoms with Crippen molar-refractivity contribution in [2.24, 2.45) is 0 Å². The van der Waals surface area contributed by atoms with E-state index in [4.69, 9.17) is 0 Å². The summed E-state index contributed by atoms with van der Waals surface area (Å²) in [5.41, 5.74) is 0.146. The van der Waals surface area contributed by atoms with E-state index in [0.29, 0.717) is 10.3 Å². The van der Waals surface area contributed by atoms with Crippen LogP contribution in [0.5, 0.6) is 0 Å². The number of likely N-dealkylation sites (N-methyl/N-ethyl adjacent to an activating group) is 2. The Morgan fingerprint density at radius 3 is 2.55 bits per heavy atom. The molecule has 1 aromatic heterocycles. The lowest BCUT2D eigenvalue weighted by molar-refractivity contribution is -0.384. The summed E-state index contributed by atoms with van der Waals surface area (Å²) in [5, 5.41) is 11.2. The molecule has 0 amide bonds. The maximum absolute atomic E-state index is 11.2. The molecule has 0 bridgehead atoms. The smallest absolute Gasteiger partial charge is 0.312 e. The van der Waals surface area contributed by atoms with Crippen LogP contribution >= 0.6 is 15.9 Å². The summed E-state index contributed by atoms with van der Waals surface area (Å²) in [7, 11) is 6.00. The van der Waals surface area contributed by atoms with Gasteiger partial charge in [0, 0.05) is 35.9 Å². The fraction of sp³-hybridized carbons (Fsp3) is 0.615. The van der Waals surface area contributed by atoms with Gasteiger partial charge in [-0.05, 0) is 49.3 Å². The Balaban J connectivity index is 2.25. The van der Waals surface area contributed by atoms with Crippen LogP contribution in [-0.4, -0.2) is 48.0 Å². The fourth-order valence-electron chi connectivity index (χ4n) is 2.70. The summed E-state index contributed by atoms with van der Waals surface area (Å²) >= 11 is 3.23. The van der Waals surface area contributed by atoms with Crippen LogP contribution in [0.4, 0.5) is 11.5 Å². The van der Waals surface area contributed by atoms with E-state index in [9.17, 15) is 10.1 Å². The van der Waals surface area contributed by atoms with E-state index < -0.39 is 0 Å². The van der Waals surface area contributed by atoms with Gasteiger partial charge in [-0.1, -0.05) is 0 Å². The average Bonchev–Trinajstić information content (AvgIpc) is 2.32. The molecule has 0 saturated heterocycles. The second kappa shape index (κ2) is 5.65. The second-order valence-electron chi connectivity index (χ2n) is 5.58. The predicted octanol–water partition coefficient (Wildman–Crippen LogP) is 2.67. The van der Waals surface area contributed by atoms with Crippen molar-refractivity contribution >= 4 is 27.4 Å². The zero-order valence-electron chi connectivity index (χ0n) is 12.0. The molecule has 1 aliphatic carbocycles. The van der Waals surface area contributed by atoms with Crippen molar-refractivity contribution < 1.29 is 4.92 Å². The number of hydrogen-bond acceptors (Lipinski definition) is 5. The third-order valence-electron chi connectivity index (χ3n) is 4.14. The molecule has 1 heterocycles. The largest absolute Gasteiger partial charge is 0.352 e. The summed E-state index contributed by atoms with van der Waals surface area (Å²) in [5.74, 6) is 0.423. The number of nitrogens with zero attached hydrogens (tertiary/aromatic N) is 4. The molecule has 0 radical (unpaired) electrons. The zero-order valence-corrected chi connectivity index (χ0v) is 13.6. The lowest BCUT2D eigenvalue weighted by Gasteiger charge is -2.49. The van der Waals surface area contributed by atoms with Gasteiger partial charge in [0.25, 0.3) is 0 Å². The van der Waals surface area contributed by atoms with Gasteiger partial charge in [0.15, 0.2) is 0 Å². The Morgan fingerprint density at radius 1 is 1.45 bits per heavy atom. The lowest BCUT2D eigenvalue weighted by atomic mass is 9.75. The molecule has 0 spiro atoms. The molecule has 0 unspecified atom stereocenters. The Labute approximate surface area is 127 Å². The topological polar surface area (TPSA) is 62.5 Å². The standard InChI is InChI=1S/C13H19BrN4O2/c1-16(2)13(5-4-6-13)9-17(3)12-11(18(19)20)7-10(14)8-15-12/h7-8H,4-6,9H2,1-3H3. The molecule has 0 aliphatic heterocycles. The number of nitro groups is 1. The average molecular weight is 343 g/mol. The first-order chi connectivity index (χ1) is 9.35. The van der Waals surface area contributed by atoms with Gasteiger partial charge in [0.05, 0.1) is 4.92 Å². The van der Waals surface area contributed by atoms with Gasteiger partial charge in [-0.25, -0.2) is 4.98 Å². The van der Waals surface area contributed by atoms with Crippen molar-refractivity contribution in [3.05, 3.63) is 26.9 Å². The highest BCUT2D eigenvalue weighted by atomic mass is 79.9. The number of halogens is 1. The predicted molar refractivity (Wildman–Crippen MR) is 82.1 cm³/mol. The monoisotopic (exact) mass is 342 g/mol. The third kappa shape index (κ3) is 2.78. The Morgan fingerprint density at radius 2 is 2.10 bits per heavy atom. The van der Waals surface area contributed by atoms with Gasteiger partial charge in [-0.15, -0.1) is 0 Å². The molecule has 2 rings (SSSR count). The molecular formula is C13H19BrN4O2. The van der Waals surface area contributed by atoms with Crippen LogP contribution in [0.1, 0.15) is 19.3 Å².